The van der Waals surface area contributed by atoms with Crippen LogP contribution in [-0.2, 0) is 19.2 Å². The van der Waals surface area contributed by atoms with Crippen molar-refractivity contribution in [3.05, 3.63) is 68.6 Å². The Labute approximate surface area is 165 Å². The molecular weight excluding hydrogens is 382 g/mol. The third-order valence-electron chi connectivity index (χ3n) is 4.71. The van der Waals surface area contributed by atoms with Crippen LogP contribution in [0.15, 0.2) is 51.7 Å². The lowest BCUT2D eigenvalue weighted by Gasteiger charge is -2.21. The molecule has 10 heteroatoms. The van der Waals surface area contributed by atoms with Gasteiger partial charge in [0.05, 0.1) is 17.8 Å². The third-order valence-corrected chi connectivity index (χ3v) is 4.71. The number of amides is 2. The molecule has 10 nitrogen and oxygen atoms in total. The summed E-state index contributed by atoms with van der Waals surface area (Å²) in [6.07, 6.45) is 3.16. The molecule has 1 saturated heterocycles. The maximum atomic E-state index is 12.6. The lowest BCUT2D eigenvalue weighted by atomic mass is 10.1. The van der Waals surface area contributed by atoms with Gasteiger partial charge in [-0.1, -0.05) is 24.8 Å². The largest absolute Gasteiger partial charge is 0.394 e. The van der Waals surface area contributed by atoms with Gasteiger partial charge in [-0.3, -0.25) is 28.8 Å². The van der Waals surface area contributed by atoms with Gasteiger partial charge in [0.2, 0.25) is 0 Å². The van der Waals surface area contributed by atoms with E-state index in [1.807, 2.05) is 0 Å². The number of nitrogens with zero attached hydrogens (tertiary/aromatic N) is 2. The van der Waals surface area contributed by atoms with Gasteiger partial charge in [-0.2, -0.15) is 0 Å². The van der Waals surface area contributed by atoms with E-state index in [0.717, 1.165) is 0 Å². The number of hydroxylamine groups is 2. The van der Waals surface area contributed by atoms with Crippen molar-refractivity contribution < 1.29 is 24.3 Å². The van der Waals surface area contributed by atoms with Crippen LogP contribution in [0.3, 0.4) is 0 Å². The van der Waals surface area contributed by atoms with Gasteiger partial charge in [-0.05, 0) is 13.8 Å². The molecule has 0 aliphatic carbocycles. The molecule has 0 spiro atoms. The molecule has 3 rings (SSSR count). The van der Waals surface area contributed by atoms with E-state index in [1.165, 1.54) is 29.8 Å². The van der Waals surface area contributed by atoms with Gasteiger partial charge in [0.1, 0.15) is 18.4 Å². The van der Waals surface area contributed by atoms with Crippen LogP contribution in [0, 0.1) is 6.92 Å². The highest BCUT2D eigenvalue weighted by Crippen LogP contribution is 2.32. The lowest BCUT2D eigenvalue weighted by Crippen LogP contribution is -2.40. The Bertz CT molecular complexity index is 1030. The molecule has 0 radical (unpaired) electrons. The number of hydrogen-bond acceptors (Lipinski definition) is 7. The molecule has 1 aromatic rings. The van der Waals surface area contributed by atoms with E-state index in [0.29, 0.717) is 10.6 Å². The second kappa shape index (κ2) is 8.11. The summed E-state index contributed by atoms with van der Waals surface area (Å²) in [5.41, 5.74) is -0.628. The summed E-state index contributed by atoms with van der Waals surface area (Å²) in [5, 5.41) is 10.3. The van der Waals surface area contributed by atoms with E-state index in [-0.39, 0.29) is 17.6 Å². The molecule has 2 unspecified atom stereocenters. The summed E-state index contributed by atoms with van der Waals surface area (Å²) in [6, 6.07) is 0. The van der Waals surface area contributed by atoms with E-state index < -0.39 is 48.1 Å². The number of hydrogen-bond donors (Lipinski definition) is 2. The van der Waals surface area contributed by atoms with Crippen molar-refractivity contribution in [3.63, 3.8) is 0 Å². The minimum Gasteiger partial charge on any atom is -0.394 e. The van der Waals surface area contributed by atoms with Crippen molar-refractivity contribution in [3.8, 4) is 0 Å². The number of carbonyl (C=O) groups is 2. The van der Waals surface area contributed by atoms with E-state index in [4.69, 9.17) is 9.57 Å². The number of aryl methyl sites for hydroxylation is 1. The number of imide groups is 1. The predicted octanol–water partition coefficient (Wildman–Crippen LogP) is -0.147. The first-order valence-electron chi connectivity index (χ1n) is 8.95. The van der Waals surface area contributed by atoms with Gasteiger partial charge in [0.15, 0.2) is 0 Å². The first-order valence-corrected chi connectivity index (χ1v) is 8.95. The van der Waals surface area contributed by atoms with Gasteiger partial charge in [-0.15, -0.1) is 5.06 Å². The van der Waals surface area contributed by atoms with E-state index in [9.17, 15) is 24.3 Å². The Morgan fingerprint density at radius 1 is 1.31 bits per heavy atom. The minimum absolute atomic E-state index is 0.0655. The van der Waals surface area contributed by atoms with Crippen LogP contribution < -0.4 is 11.2 Å². The van der Waals surface area contributed by atoms with Crippen molar-refractivity contribution in [2.45, 2.75) is 38.7 Å². The quantitative estimate of drug-likeness (QED) is 0.632. The topological polar surface area (TPSA) is 131 Å². The van der Waals surface area contributed by atoms with Crippen LogP contribution >= 0.6 is 0 Å². The van der Waals surface area contributed by atoms with Gasteiger partial charge in [0, 0.05) is 18.2 Å². The fourth-order valence-corrected chi connectivity index (χ4v) is 3.24. The summed E-state index contributed by atoms with van der Waals surface area (Å²) in [7, 11) is 0. The highest BCUT2D eigenvalue weighted by molar-refractivity contribution is 6.21. The molecule has 0 saturated carbocycles. The summed E-state index contributed by atoms with van der Waals surface area (Å²) in [6.45, 7) is 6.34. The summed E-state index contributed by atoms with van der Waals surface area (Å²) in [4.78, 5) is 56.5. The fraction of sp³-hybridized carbons (Fsp3) is 0.368. The van der Waals surface area contributed by atoms with Crippen LogP contribution in [-0.4, -0.2) is 50.3 Å². The van der Waals surface area contributed by atoms with Crippen LogP contribution in [0.2, 0.25) is 0 Å². The summed E-state index contributed by atoms with van der Waals surface area (Å²) in [5.74, 6) is -1.32. The normalized spacial score (nSPS) is 24.9. The lowest BCUT2D eigenvalue weighted by molar-refractivity contribution is -0.208. The zero-order valence-electron chi connectivity index (χ0n) is 16.0. The summed E-state index contributed by atoms with van der Waals surface area (Å²) >= 11 is 0. The van der Waals surface area contributed by atoms with Gasteiger partial charge < -0.3 is 9.84 Å². The summed E-state index contributed by atoms with van der Waals surface area (Å²) < 4.78 is 6.84. The Morgan fingerprint density at radius 3 is 2.62 bits per heavy atom. The smallest absolute Gasteiger partial charge is 0.330 e. The van der Waals surface area contributed by atoms with E-state index in [2.05, 4.69) is 11.6 Å². The molecule has 1 fully saturated rings. The molecule has 3 heterocycles. The number of aliphatic hydroxyl groups is 1. The SMILES string of the molecule is C=CC1=C(/C=C\C)C(=O)N(OC2CC(n3cc(C)c(=O)[nH]c3=O)O[C@@H]2CO)C1=O. The van der Waals surface area contributed by atoms with Crippen molar-refractivity contribution in [1.82, 2.24) is 14.6 Å². The number of rotatable bonds is 6. The highest BCUT2D eigenvalue weighted by atomic mass is 16.7. The number of carbonyl (C=O) groups excluding carboxylic acids is 2. The second-order valence-corrected chi connectivity index (χ2v) is 6.61. The number of H-pyrrole nitrogens is 1. The molecule has 3 atom stereocenters. The van der Waals surface area contributed by atoms with Crippen molar-refractivity contribution in [1.29, 1.82) is 0 Å². The monoisotopic (exact) mass is 403 g/mol. The number of allylic oxidation sites excluding steroid dienone is 1. The fourth-order valence-electron chi connectivity index (χ4n) is 3.24. The van der Waals surface area contributed by atoms with E-state index >= 15 is 0 Å². The second-order valence-electron chi connectivity index (χ2n) is 6.61. The predicted molar refractivity (Wildman–Crippen MR) is 100 cm³/mol. The average molecular weight is 403 g/mol. The van der Waals surface area contributed by atoms with Crippen LogP contribution in [0.5, 0.6) is 0 Å². The standard InChI is InChI=1S/C19H21N3O7/c1-4-6-12-11(5-2)17(25)22(18(12)26)29-13-7-15(28-14(13)9-23)21-8-10(3)16(24)20-19(21)27/h4-6,8,13-15,23H,2,7,9H2,1,3H3,(H,20,24,27)/b6-4-/t13?,14-,15?/m1/s1. The molecule has 29 heavy (non-hydrogen) atoms. The Morgan fingerprint density at radius 2 is 2.00 bits per heavy atom. The number of aromatic amines is 1. The van der Waals surface area contributed by atoms with Crippen LogP contribution in [0.1, 0.15) is 25.1 Å². The molecule has 0 bridgehead atoms. The first kappa shape index (κ1) is 20.6. The van der Waals surface area contributed by atoms with Gasteiger partial charge >= 0.3 is 5.69 Å². The zero-order chi connectivity index (χ0) is 21.3. The van der Waals surface area contributed by atoms with Crippen LogP contribution in [0.4, 0.5) is 0 Å². The molecule has 2 aliphatic heterocycles. The Hall–Kier alpha value is -3.08. The van der Waals surface area contributed by atoms with Gasteiger partial charge in [-0.25, -0.2) is 4.79 Å². The number of ether oxygens (including phenoxy) is 1. The van der Waals surface area contributed by atoms with E-state index in [1.54, 1.807) is 13.0 Å². The molecule has 154 valence electrons. The Balaban J connectivity index is 1.84. The first-order chi connectivity index (χ1) is 13.8. The molecule has 2 N–H and O–H groups in total. The molecule has 2 amide bonds. The Kier molecular flexibility index (Phi) is 5.78. The van der Waals surface area contributed by atoms with Crippen molar-refractivity contribution >= 4 is 11.8 Å². The number of aromatic nitrogens is 2. The van der Waals surface area contributed by atoms with Crippen molar-refractivity contribution in [2.24, 2.45) is 0 Å². The van der Waals surface area contributed by atoms with Gasteiger partial charge in [0.25, 0.3) is 17.4 Å². The molecular formula is C19H21N3O7. The minimum atomic E-state index is -0.891. The van der Waals surface area contributed by atoms with Crippen LogP contribution in [0.25, 0.3) is 0 Å². The highest BCUT2D eigenvalue weighted by Gasteiger charge is 2.44. The number of nitrogens with one attached hydrogen (secondary N) is 1. The molecule has 0 aromatic carbocycles. The maximum absolute atomic E-state index is 12.6. The molecule has 1 aromatic heterocycles. The molecule has 2 aliphatic rings. The number of aliphatic hydroxyl groups excluding tert-OH is 1. The average Bonchev–Trinajstić information content (AvgIpc) is 3.19. The van der Waals surface area contributed by atoms with Crippen molar-refractivity contribution in [2.75, 3.05) is 6.61 Å². The zero-order valence-corrected chi connectivity index (χ0v) is 16.0. The maximum Gasteiger partial charge on any atom is 0.330 e. The third kappa shape index (κ3) is 3.65.